The van der Waals surface area contributed by atoms with Crippen LogP contribution >= 0.6 is 11.8 Å². The number of aromatic amines is 1. The molecule has 0 unspecified atom stereocenters. The van der Waals surface area contributed by atoms with E-state index in [-0.39, 0.29) is 24.2 Å². The lowest BCUT2D eigenvalue weighted by Crippen LogP contribution is -2.27. The third-order valence-corrected chi connectivity index (χ3v) is 5.35. The van der Waals surface area contributed by atoms with Crippen molar-refractivity contribution in [3.05, 3.63) is 92.9 Å². The Labute approximate surface area is 181 Å². The zero-order chi connectivity index (χ0) is 22.4. The van der Waals surface area contributed by atoms with E-state index in [9.17, 15) is 22.8 Å². The van der Waals surface area contributed by atoms with E-state index in [2.05, 4.69) is 15.3 Å². The van der Waals surface area contributed by atoms with Crippen LogP contribution in [0, 0.1) is 6.92 Å². The van der Waals surface area contributed by atoms with E-state index in [0.717, 1.165) is 17.2 Å². The van der Waals surface area contributed by atoms with Crippen LogP contribution < -0.4 is 10.9 Å². The first-order valence-electron chi connectivity index (χ1n) is 9.41. The van der Waals surface area contributed by atoms with Gasteiger partial charge in [-0.3, -0.25) is 9.59 Å². The van der Waals surface area contributed by atoms with Gasteiger partial charge in [-0.25, -0.2) is 4.98 Å². The molecule has 1 amide bonds. The molecule has 3 rings (SSSR count). The lowest BCUT2D eigenvalue weighted by molar-refractivity contribution is -0.138. The van der Waals surface area contributed by atoms with Gasteiger partial charge in [-0.2, -0.15) is 13.2 Å². The fourth-order valence-electron chi connectivity index (χ4n) is 2.85. The number of hydrogen-bond acceptors (Lipinski definition) is 4. The van der Waals surface area contributed by atoms with Crippen LogP contribution in [0.25, 0.3) is 0 Å². The molecule has 0 bridgehead atoms. The number of aryl methyl sites for hydroxylation is 1. The van der Waals surface area contributed by atoms with Crippen molar-refractivity contribution in [3.63, 3.8) is 0 Å². The Bertz CT molecular complexity index is 1110. The first-order valence-corrected chi connectivity index (χ1v) is 10.4. The van der Waals surface area contributed by atoms with E-state index in [1.807, 2.05) is 31.2 Å². The van der Waals surface area contributed by atoms with Crippen LogP contribution in [-0.2, 0) is 29.7 Å². The van der Waals surface area contributed by atoms with E-state index >= 15 is 0 Å². The molecule has 0 atom stereocenters. The molecule has 3 aromatic rings. The Morgan fingerprint density at radius 3 is 2.55 bits per heavy atom. The van der Waals surface area contributed by atoms with E-state index in [0.29, 0.717) is 10.9 Å². The standard InChI is InChI=1S/C22H20F3N3O2S/c1-14-6-8-15(9-7-14)13-31-21-27-17(11-20(30)28-21)10-19(29)26-12-16-4-2-3-5-18(16)22(23,24)25/h2-9,11H,10,12-13H2,1H3,(H,26,29)(H,27,28,30). The van der Waals surface area contributed by atoms with Crippen LogP contribution in [0.4, 0.5) is 13.2 Å². The molecule has 0 fully saturated rings. The number of thioether (sulfide) groups is 1. The zero-order valence-corrected chi connectivity index (χ0v) is 17.4. The van der Waals surface area contributed by atoms with Crippen molar-refractivity contribution >= 4 is 17.7 Å². The predicted octanol–water partition coefficient (Wildman–Crippen LogP) is 4.25. The first-order chi connectivity index (χ1) is 14.7. The maximum atomic E-state index is 13.1. The molecule has 2 N–H and O–H groups in total. The van der Waals surface area contributed by atoms with E-state index in [1.54, 1.807) is 0 Å². The third-order valence-electron chi connectivity index (χ3n) is 4.41. The van der Waals surface area contributed by atoms with Crippen molar-refractivity contribution in [2.24, 2.45) is 0 Å². The van der Waals surface area contributed by atoms with Crippen molar-refractivity contribution in [1.82, 2.24) is 15.3 Å². The molecule has 2 aromatic carbocycles. The minimum atomic E-state index is -4.50. The molecular weight excluding hydrogens is 427 g/mol. The molecule has 9 heteroatoms. The molecule has 0 radical (unpaired) electrons. The molecule has 0 aliphatic heterocycles. The number of carbonyl (C=O) groups is 1. The topological polar surface area (TPSA) is 74.8 Å². The summed E-state index contributed by atoms with van der Waals surface area (Å²) < 4.78 is 39.2. The van der Waals surface area contributed by atoms with Crippen molar-refractivity contribution in [2.45, 2.75) is 37.0 Å². The second kappa shape index (κ2) is 9.82. The minimum Gasteiger partial charge on any atom is -0.352 e. The maximum Gasteiger partial charge on any atom is 0.416 e. The highest BCUT2D eigenvalue weighted by atomic mass is 32.2. The number of benzene rings is 2. The van der Waals surface area contributed by atoms with Gasteiger partial charge in [0.05, 0.1) is 17.7 Å². The summed E-state index contributed by atoms with van der Waals surface area (Å²) in [7, 11) is 0. The molecule has 1 heterocycles. The number of aromatic nitrogens is 2. The number of rotatable bonds is 7. The lowest BCUT2D eigenvalue weighted by Gasteiger charge is -2.13. The maximum absolute atomic E-state index is 13.1. The van der Waals surface area contributed by atoms with Crippen molar-refractivity contribution in [3.8, 4) is 0 Å². The average molecular weight is 447 g/mol. The van der Waals surface area contributed by atoms with Gasteiger partial charge in [0.15, 0.2) is 5.16 Å². The number of amides is 1. The first kappa shape index (κ1) is 22.6. The van der Waals surface area contributed by atoms with Gasteiger partial charge in [-0.1, -0.05) is 59.8 Å². The summed E-state index contributed by atoms with van der Waals surface area (Å²) in [5, 5.41) is 2.84. The highest BCUT2D eigenvalue weighted by Crippen LogP contribution is 2.31. The molecule has 31 heavy (non-hydrogen) atoms. The second-order valence-corrected chi connectivity index (χ2v) is 7.89. The molecule has 162 valence electrons. The Hall–Kier alpha value is -3.07. The monoisotopic (exact) mass is 447 g/mol. The molecule has 0 spiro atoms. The highest BCUT2D eigenvalue weighted by molar-refractivity contribution is 7.98. The summed E-state index contributed by atoms with van der Waals surface area (Å²) in [6, 6.07) is 14.2. The van der Waals surface area contributed by atoms with Crippen LogP contribution in [0.2, 0.25) is 0 Å². The predicted molar refractivity (Wildman–Crippen MR) is 113 cm³/mol. The summed E-state index contributed by atoms with van der Waals surface area (Å²) in [4.78, 5) is 31.1. The fraction of sp³-hybridized carbons (Fsp3) is 0.227. The van der Waals surface area contributed by atoms with E-state index in [4.69, 9.17) is 0 Å². The summed E-state index contributed by atoms with van der Waals surface area (Å²) >= 11 is 1.33. The minimum absolute atomic E-state index is 0.0310. The van der Waals surface area contributed by atoms with Gasteiger partial charge >= 0.3 is 6.18 Å². The van der Waals surface area contributed by atoms with Gasteiger partial charge in [0, 0.05) is 18.4 Å². The number of H-pyrrole nitrogens is 1. The highest BCUT2D eigenvalue weighted by Gasteiger charge is 2.32. The smallest absolute Gasteiger partial charge is 0.352 e. The van der Waals surface area contributed by atoms with E-state index in [1.165, 1.54) is 36.0 Å². The van der Waals surface area contributed by atoms with Gasteiger partial charge in [0.25, 0.3) is 5.56 Å². The van der Waals surface area contributed by atoms with Gasteiger partial charge < -0.3 is 10.3 Å². The summed E-state index contributed by atoms with van der Waals surface area (Å²) in [5.41, 5.74) is 1.23. The molecule has 1 aromatic heterocycles. The van der Waals surface area contributed by atoms with Gasteiger partial charge in [-0.05, 0) is 24.1 Å². The van der Waals surface area contributed by atoms with Crippen LogP contribution in [-0.4, -0.2) is 15.9 Å². The van der Waals surface area contributed by atoms with Crippen LogP contribution in [0.3, 0.4) is 0 Å². The van der Waals surface area contributed by atoms with Gasteiger partial charge in [0.2, 0.25) is 5.91 Å². The zero-order valence-electron chi connectivity index (χ0n) is 16.6. The SMILES string of the molecule is Cc1ccc(CSc2nc(CC(=O)NCc3ccccc3C(F)(F)F)cc(=O)[nH]2)cc1. The number of alkyl halides is 3. The van der Waals surface area contributed by atoms with Crippen LogP contribution in [0.5, 0.6) is 0 Å². The van der Waals surface area contributed by atoms with Crippen LogP contribution in [0.1, 0.15) is 27.9 Å². The summed E-state index contributed by atoms with van der Waals surface area (Å²) in [6.45, 7) is 1.72. The third kappa shape index (κ3) is 6.71. The summed E-state index contributed by atoms with van der Waals surface area (Å²) in [5.74, 6) is 0.0668. The molecule has 0 aliphatic carbocycles. The molecular formula is C22H20F3N3O2S. The Morgan fingerprint density at radius 2 is 1.84 bits per heavy atom. The Balaban J connectivity index is 1.61. The quantitative estimate of drug-likeness (QED) is 0.420. The number of nitrogens with one attached hydrogen (secondary N) is 2. The fourth-order valence-corrected chi connectivity index (χ4v) is 3.70. The molecule has 0 saturated heterocycles. The normalized spacial score (nSPS) is 11.4. The summed E-state index contributed by atoms with van der Waals surface area (Å²) in [6.07, 6.45) is -4.71. The van der Waals surface area contributed by atoms with Crippen molar-refractivity contribution < 1.29 is 18.0 Å². The van der Waals surface area contributed by atoms with E-state index < -0.39 is 23.2 Å². The lowest BCUT2D eigenvalue weighted by atomic mass is 10.1. The van der Waals surface area contributed by atoms with Gasteiger partial charge in [-0.15, -0.1) is 0 Å². The van der Waals surface area contributed by atoms with Crippen LogP contribution in [0.15, 0.2) is 64.5 Å². The molecule has 0 saturated carbocycles. The van der Waals surface area contributed by atoms with Crippen molar-refractivity contribution in [1.29, 1.82) is 0 Å². The van der Waals surface area contributed by atoms with Gasteiger partial charge in [0.1, 0.15) is 0 Å². The number of hydrogen-bond donors (Lipinski definition) is 2. The Kier molecular flexibility index (Phi) is 7.17. The molecule has 5 nitrogen and oxygen atoms in total. The number of halogens is 3. The number of nitrogens with zero attached hydrogens (tertiary/aromatic N) is 1. The second-order valence-electron chi connectivity index (χ2n) is 6.92. The van der Waals surface area contributed by atoms with Crippen molar-refractivity contribution in [2.75, 3.05) is 0 Å². The number of carbonyl (C=O) groups excluding carboxylic acids is 1. The largest absolute Gasteiger partial charge is 0.416 e. The molecule has 0 aliphatic rings. The Morgan fingerprint density at radius 1 is 1.13 bits per heavy atom. The average Bonchev–Trinajstić information content (AvgIpc) is 2.71.